The smallest absolute Gasteiger partial charge is 0.275 e. The van der Waals surface area contributed by atoms with Crippen LogP contribution in [0.1, 0.15) is 10.5 Å². The third kappa shape index (κ3) is 4.99. The summed E-state index contributed by atoms with van der Waals surface area (Å²) in [6, 6.07) is 11.5. The summed E-state index contributed by atoms with van der Waals surface area (Å²) in [4.78, 5) is 16.2. The molecule has 3 aromatic rings. The fourth-order valence-corrected chi connectivity index (χ4v) is 3.85. The van der Waals surface area contributed by atoms with Gasteiger partial charge in [-0.2, -0.15) is 0 Å². The maximum absolute atomic E-state index is 13.1. The lowest BCUT2D eigenvalue weighted by Gasteiger charge is -2.14. The van der Waals surface area contributed by atoms with E-state index in [1.54, 1.807) is 0 Å². The number of carbonyl (C=O) groups excluding carboxylic acids is 1. The molecule has 0 bridgehead atoms. The minimum Gasteiger partial charge on any atom is -0.495 e. The summed E-state index contributed by atoms with van der Waals surface area (Å²) in [5, 5.41) is 2.76. The number of amides is 1. The summed E-state index contributed by atoms with van der Waals surface area (Å²) < 4.78 is 45.8. The number of anilines is 2. The van der Waals surface area contributed by atoms with Gasteiger partial charge in [-0.05, 0) is 54.6 Å². The first kappa shape index (κ1) is 21.8. The Balaban J connectivity index is 1.89. The molecule has 0 spiro atoms. The monoisotopic (exact) mass is 469 g/mol. The van der Waals surface area contributed by atoms with Crippen molar-refractivity contribution in [2.24, 2.45) is 0 Å². The van der Waals surface area contributed by atoms with Crippen LogP contribution in [0, 0.1) is 5.82 Å². The molecule has 0 aliphatic carbocycles. The highest BCUT2D eigenvalue weighted by Gasteiger charge is 2.19. The zero-order valence-electron chi connectivity index (χ0n) is 15.3. The van der Waals surface area contributed by atoms with Gasteiger partial charge in [0.25, 0.3) is 15.9 Å². The topological polar surface area (TPSA) is 97.4 Å². The molecular weight excluding hydrogens is 456 g/mol. The predicted octanol–water partition coefficient (Wildman–Crippen LogP) is 4.59. The number of nitrogens with one attached hydrogen (secondary N) is 2. The Morgan fingerprint density at radius 3 is 2.43 bits per heavy atom. The van der Waals surface area contributed by atoms with Crippen LogP contribution in [0.3, 0.4) is 0 Å². The Hall–Kier alpha value is -2.88. The number of hydrogen-bond donors (Lipinski definition) is 2. The number of methoxy groups -OCH3 is 1. The minimum atomic E-state index is -4.03. The van der Waals surface area contributed by atoms with Crippen molar-refractivity contribution in [1.29, 1.82) is 0 Å². The second-order valence-corrected chi connectivity index (χ2v) is 8.37. The van der Waals surface area contributed by atoms with Gasteiger partial charge in [-0.3, -0.25) is 9.52 Å². The first-order valence-electron chi connectivity index (χ1n) is 8.29. The van der Waals surface area contributed by atoms with Crippen LogP contribution < -0.4 is 14.8 Å². The number of halogens is 3. The van der Waals surface area contributed by atoms with Crippen LogP contribution in [0.2, 0.25) is 10.2 Å². The van der Waals surface area contributed by atoms with E-state index >= 15 is 0 Å². The molecule has 0 fully saturated rings. The lowest BCUT2D eigenvalue weighted by atomic mass is 10.2. The fourth-order valence-electron chi connectivity index (χ4n) is 2.45. The molecular formula is C19H14Cl2FN3O4S. The van der Waals surface area contributed by atoms with Crippen molar-refractivity contribution in [1.82, 2.24) is 4.98 Å². The van der Waals surface area contributed by atoms with Crippen LogP contribution in [-0.2, 0) is 10.0 Å². The quantitative estimate of drug-likeness (QED) is 0.514. The summed E-state index contributed by atoms with van der Waals surface area (Å²) in [5.41, 5.74) is 0.216. The summed E-state index contributed by atoms with van der Waals surface area (Å²) in [7, 11) is -2.67. The first-order valence-corrected chi connectivity index (χ1v) is 10.5. The largest absolute Gasteiger partial charge is 0.495 e. The van der Waals surface area contributed by atoms with Gasteiger partial charge in [0.2, 0.25) is 0 Å². The third-order valence-electron chi connectivity index (χ3n) is 3.85. The molecule has 1 amide bonds. The lowest BCUT2D eigenvalue weighted by Crippen LogP contribution is -2.16. The van der Waals surface area contributed by atoms with Crippen molar-refractivity contribution >= 4 is 50.5 Å². The van der Waals surface area contributed by atoms with E-state index in [4.69, 9.17) is 27.9 Å². The van der Waals surface area contributed by atoms with Gasteiger partial charge < -0.3 is 10.1 Å². The average molecular weight is 470 g/mol. The summed E-state index contributed by atoms with van der Waals surface area (Å²) in [6.07, 6.45) is 0. The molecule has 0 atom stereocenters. The van der Waals surface area contributed by atoms with E-state index < -0.39 is 21.7 Å². The molecule has 0 saturated heterocycles. The van der Waals surface area contributed by atoms with Crippen LogP contribution in [0.25, 0.3) is 0 Å². The minimum absolute atomic E-state index is 0.0600. The molecule has 0 aliphatic heterocycles. The van der Waals surface area contributed by atoms with Crippen LogP contribution in [0.4, 0.5) is 15.8 Å². The second-order valence-electron chi connectivity index (χ2n) is 5.89. The van der Waals surface area contributed by atoms with E-state index in [9.17, 15) is 17.6 Å². The summed E-state index contributed by atoms with van der Waals surface area (Å²) in [5.74, 6) is -0.998. The van der Waals surface area contributed by atoms with E-state index in [0.717, 1.165) is 24.3 Å². The van der Waals surface area contributed by atoms with Crippen molar-refractivity contribution in [3.63, 3.8) is 0 Å². The van der Waals surface area contributed by atoms with Gasteiger partial charge in [0.15, 0.2) is 0 Å². The molecule has 0 aliphatic rings. The number of sulfonamides is 1. The molecule has 1 aromatic heterocycles. The predicted molar refractivity (Wildman–Crippen MR) is 112 cm³/mol. The number of rotatable bonds is 6. The number of ether oxygens (including phenoxy) is 1. The maximum atomic E-state index is 13.1. The van der Waals surface area contributed by atoms with Crippen LogP contribution >= 0.6 is 23.2 Å². The highest BCUT2D eigenvalue weighted by atomic mass is 35.5. The Labute approximate surface area is 181 Å². The van der Waals surface area contributed by atoms with Crippen LogP contribution in [0.15, 0.2) is 59.5 Å². The number of nitrogens with zero attached hydrogens (tertiary/aromatic N) is 1. The van der Waals surface area contributed by atoms with Crippen LogP contribution in [-0.4, -0.2) is 26.4 Å². The van der Waals surface area contributed by atoms with Crippen molar-refractivity contribution < 1.29 is 22.3 Å². The number of pyridine rings is 1. The molecule has 156 valence electrons. The number of carbonyl (C=O) groups is 1. The van der Waals surface area contributed by atoms with Gasteiger partial charge in [0.1, 0.15) is 22.4 Å². The molecule has 1 heterocycles. The molecule has 0 radical (unpaired) electrons. The van der Waals surface area contributed by atoms with E-state index in [2.05, 4.69) is 15.0 Å². The zero-order valence-corrected chi connectivity index (χ0v) is 17.6. The Morgan fingerprint density at radius 1 is 1.07 bits per heavy atom. The van der Waals surface area contributed by atoms with Gasteiger partial charge in [-0.15, -0.1) is 0 Å². The van der Waals surface area contributed by atoms with E-state index in [-0.39, 0.29) is 37.9 Å². The van der Waals surface area contributed by atoms with Crippen molar-refractivity contribution in [2.75, 3.05) is 17.1 Å². The molecule has 2 aromatic carbocycles. The molecule has 7 nitrogen and oxygen atoms in total. The Kier molecular flexibility index (Phi) is 6.45. The number of hydrogen-bond acceptors (Lipinski definition) is 5. The first-order chi connectivity index (χ1) is 14.2. The molecule has 30 heavy (non-hydrogen) atoms. The summed E-state index contributed by atoms with van der Waals surface area (Å²) >= 11 is 11.8. The summed E-state index contributed by atoms with van der Waals surface area (Å²) in [6.45, 7) is 0. The fraction of sp³-hybridized carbons (Fsp3) is 0.0526. The van der Waals surface area contributed by atoms with E-state index in [1.807, 2.05) is 0 Å². The average Bonchev–Trinajstić information content (AvgIpc) is 2.70. The number of benzene rings is 2. The molecule has 0 saturated carbocycles. The number of aromatic nitrogens is 1. The zero-order chi connectivity index (χ0) is 21.9. The van der Waals surface area contributed by atoms with Gasteiger partial charge in [-0.1, -0.05) is 23.2 Å². The van der Waals surface area contributed by atoms with Gasteiger partial charge in [0, 0.05) is 5.69 Å². The Bertz CT molecular complexity index is 1200. The van der Waals surface area contributed by atoms with Crippen molar-refractivity contribution in [3.8, 4) is 5.75 Å². The molecule has 2 N–H and O–H groups in total. The normalized spacial score (nSPS) is 11.1. The molecule has 3 rings (SSSR count). The molecule has 0 unspecified atom stereocenters. The van der Waals surface area contributed by atoms with E-state index in [1.165, 1.54) is 37.4 Å². The van der Waals surface area contributed by atoms with E-state index in [0.29, 0.717) is 0 Å². The highest BCUT2D eigenvalue weighted by Crippen LogP contribution is 2.30. The maximum Gasteiger partial charge on any atom is 0.275 e. The SMILES string of the molecule is COc1ccc(NC(=O)c2nc(Cl)ccc2Cl)cc1NS(=O)(=O)c1ccc(F)cc1. The van der Waals surface area contributed by atoms with Gasteiger partial charge in [-0.25, -0.2) is 17.8 Å². The van der Waals surface area contributed by atoms with Crippen molar-refractivity contribution in [3.05, 3.63) is 76.3 Å². The van der Waals surface area contributed by atoms with Gasteiger partial charge >= 0.3 is 0 Å². The molecule has 11 heteroatoms. The van der Waals surface area contributed by atoms with Crippen molar-refractivity contribution in [2.45, 2.75) is 4.90 Å². The van der Waals surface area contributed by atoms with Gasteiger partial charge in [0.05, 0.1) is 22.7 Å². The Morgan fingerprint density at radius 2 is 1.77 bits per heavy atom. The standard InChI is InChI=1S/C19H14Cl2FN3O4S/c1-29-16-8-4-12(23-19(26)18-14(20)7-9-17(21)24-18)10-15(16)25-30(27,28)13-5-2-11(22)3-6-13/h2-10,25H,1H3,(H,23,26). The van der Waals surface area contributed by atoms with Crippen LogP contribution in [0.5, 0.6) is 5.75 Å². The lowest BCUT2D eigenvalue weighted by molar-refractivity contribution is 0.102. The highest BCUT2D eigenvalue weighted by molar-refractivity contribution is 7.92. The second kappa shape index (κ2) is 8.86. The third-order valence-corrected chi connectivity index (χ3v) is 5.75.